The third kappa shape index (κ3) is 7.86. The van der Waals surface area contributed by atoms with Gasteiger partial charge in [0.25, 0.3) is 0 Å². The van der Waals surface area contributed by atoms with Gasteiger partial charge in [-0.2, -0.15) is 18.2 Å². The van der Waals surface area contributed by atoms with Crippen LogP contribution in [0.2, 0.25) is 5.02 Å². The summed E-state index contributed by atoms with van der Waals surface area (Å²) >= 11 is 6.94. The zero-order valence-electron chi connectivity index (χ0n) is 25.6. The van der Waals surface area contributed by atoms with Crippen molar-refractivity contribution in [3.8, 4) is 11.1 Å². The Morgan fingerprint density at radius 3 is 2.30 bits per heavy atom. The Balaban J connectivity index is 0.000000892. The van der Waals surface area contributed by atoms with Crippen molar-refractivity contribution in [1.82, 2.24) is 14.5 Å². The van der Waals surface area contributed by atoms with E-state index in [1.807, 2.05) is 0 Å². The summed E-state index contributed by atoms with van der Waals surface area (Å²) in [5.41, 5.74) is -3.34. The van der Waals surface area contributed by atoms with Gasteiger partial charge in [-0.25, -0.2) is 18.4 Å². The SMILES string of the molecule is CC(C)(C)OC(=O)N1CCN(c2nc(=O)n3c4c(c(-c5cc(Cl)c(F)cc5F)c(C(F)(F)F)cc24)SCCC3)CC1.COCCO. The van der Waals surface area contributed by atoms with E-state index in [-0.39, 0.29) is 60.9 Å². The summed E-state index contributed by atoms with van der Waals surface area (Å²) in [7, 11) is 1.55. The van der Waals surface area contributed by atoms with Crippen LogP contribution in [0.15, 0.2) is 27.9 Å². The molecule has 0 atom stereocenters. The van der Waals surface area contributed by atoms with Crippen molar-refractivity contribution < 1.29 is 41.3 Å². The number of alkyl halides is 3. The second kappa shape index (κ2) is 14.3. The van der Waals surface area contributed by atoms with Crippen molar-refractivity contribution >= 4 is 46.2 Å². The first-order chi connectivity index (χ1) is 21.6. The first-order valence-electron chi connectivity index (χ1n) is 14.4. The van der Waals surface area contributed by atoms with Crippen LogP contribution in [0.3, 0.4) is 0 Å². The first-order valence-corrected chi connectivity index (χ1v) is 15.7. The molecule has 9 nitrogen and oxygen atoms in total. The van der Waals surface area contributed by atoms with Crippen LogP contribution in [0.25, 0.3) is 22.0 Å². The number of thioether (sulfide) groups is 1. The molecule has 3 aromatic rings. The molecule has 1 aromatic heterocycles. The predicted molar refractivity (Wildman–Crippen MR) is 166 cm³/mol. The number of hydrogen-bond acceptors (Lipinski definition) is 8. The lowest BCUT2D eigenvalue weighted by molar-refractivity contribution is -0.137. The largest absolute Gasteiger partial charge is 0.444 e. The minimum atomic E-state index is -4.94. The smallest absolute Gasteiger partial charge is 0.417 e. The molecule has 0 unspecified atom stereocenters. The van der Waals surface area contributed by atoms with Gasteiger partial charge in [-0.1, -0.05) is 11.6 Å². The average molecular weight is 693 g/mol. The maximum atomic E-state index is 15.1. The lowest BCUT2D eigenvalue weighted by atomic mass is 9.95. The van der Waals surface area contributed by atoms with E-state index in [9.17, 15) is 27.2 Å². The quantitative estimate of drug-likeness (QED) is 0.256. The van der Waals surface area contributed by atoms with Crippen LogP contribution in [0.1, 0.15) is 32.8 Å². The van der Waals surface area contributed by atoms with E-state index < -0.39 is 56.9 Å². The minimum Gasteiger partial charge on any atom is -0.444 e. The fourth-order valence-corrected chi connectivity index (χ4v) is 6.47. The molecule has 1 saturated heterocycles. The summed E-state index contributed by atoms with van der Waals surface area (Å²) in [4.78, 5) is 33.2. The monoisotopic (exact) mass is 692 g/mol. The third-order valence-electron chi connectivity index (χ3n) is 7.08. The van der Waals surface area contributed by atoms with Crippen LogP contribution < -0.4 is 10.6 Å². The molecule has 16 heteroatoms. The highest BCUT2D eigenvalue weighted by Crippen LogP contribution is 2.49. The van der Waals surface area contributed by atoms with Crippen LogP contribution in [0.4, 0.5) is 32.6 Å². The number of methoxy groups -OCH3 is 1. The number of carbonyl (C=O) groups excluding carboxylic acids is 1. The second-order valence-corrected chi connectivity index (χ2v) is 13.0. The number of aliphatic hydroxyl groups is 1. The number of hydrogen-bond donors (Lipinski definition) is 1. The van der Waals surface area contributed by atoms with Crippen LogP contribution in [0.5, 0.6) is 0 Å². The lowest BCUT2D eigenvalue weighted by Crippen LogP contribution is -2.50. The van der Waals surface area contributed by atoms with Gasteiger partial charge in [0.1, 0.15) is 23.1 Å². The molecule has 0 saturated carbocycles. The van der Waals surface area contributed by atoms with Crippen molar-refractivity contribution in [3.05, 3.63) is 50.9 Å². The number of carbonyl (C=O) groups is 1. The van der Waals surface area contributed by atoms with Crippen LogP contribution in [-0.2, 0) is 22.2 Å². The molecule has 46 heavy (non-hydrogen) atoms. The van der Waals surface area contributed by atoms with Gasteiger partial charge in [0.2, 0.25) is 0 Å². The summed E-state index contributed by atoms with van der Waals surface area (Å²) in [5.74, 6) is -1.91. The summed E-state index contributed by atoms with van der Waals surface area (Å²) in [5, 5.41) is 7.48. The van der Waals surface area contributed by atoms with Gasteiger partial charge >= 0.3 is 18.0 Å². The molecule has 2 aromatic carbocycles. The number of anilines is 1. The number of amides is 1. The van der Waals surface area contributed by atoms with Crippen molar-refractivity contribution in [2.75, 3.05) is 57.2 Å². The summed E-state index contributed by atoms with van der Waals surface area (Å²) in [6.07, 6.45) is -5.00. The van der Waals surface area contributed by atoms with Gasteiger partial charge in [-0.3, -0.25) is 4.57 Å². The molecule has 0 radical (unpaired) electrons. The number of halogens is 6. The number of piperazine rings is 1. The van der Waals surface area contributed by atoms with Gasteiger partial charge in [0.05, 0.1) is 29.3 Å². The molecule has 3 heterocycles. The maximum Gasteiger partial charge on any atom is 0.417 e. The maximum absolute atomic E-state index is 15.1. The Morgan fingerprint density at radius 2 is 1.74 bits per heavy atom. The van der Waals surface area contributed by atoms with Crippen molar-refractivity contribution in [3.63, 3.8) is 0 Å². The Hall–Kier alpha value is -3.14. The van der Waals surface area contributed by atoms with E-state index in [2.05, 4.69) is 9.72 Å². The molecule has 5 rings (SSSR count). The molecular weight excluding hydrogens is 659 g/mol. The number of aromatic nitrogens is 2. The molecule has 2 aliphatic heterocycles. The van der Waals surface area contributed by atoms with Crippen LogP contribution in [-0.4, -0.2) is 83.5 Å². The highest BCUT2D eigenvalue weighted by molar-refractivity contribution is 7.99. The Labute approximate surface area is 271 Å². The van der Waals surface area contributed by atoms with Crippen LogP contribution in [0, 0.1) is 11.6 Å². The number of aryl methyl sites for hydroxylation is 1. The normalized spacial score (nSPS) is 15.4. The molecule has 0 aliphatic carbocycles. The highest BCUT2D eigenvalue weighted by atomic mass is 35.5. The molecule has 2 aliphatic rings. The molecule has 252 valence electrons. The Bertz CT molecular complexity index is 1650. The molecule has 1 N–H and O–H groups in total. The number of aliphatic hydroxyl groups excluding tert-OH is 1. The number of nitrogens with zero attached hydrogens (tertiary/aromatic N) is 4. The summed E-state index contributed by atoms with van der Waals surface area (Å²) in [6.45, 7) is 6.78. The predicted octanol–water partition coefficient (Wildman–Crippen LogP) is 6.19. The fraction of sp³-hybridized carbons (Fsp3) is 0.500. The Kier molecular flexibility index (Phi) is 11.1. The fourth-order valence-electron chi connectivity index (χ4n) is 5.10. The topological polar surface area (TPSA) is 97.1 Å². The van der Waals surface area contributed by atoms with Crippen LogP contribution >= 0.6 is 23.4 Å². The van der Waals surface area contributed by atoms with Crippen molar-refractivity contribution in [2.45, 2.75) is 50.4 Å². The summed E-state index contributed by atoms with van der Waals surface area (Å²) < 4.78 is 84.1. The van der Waals surface area contributed by atoms with Gasteiger partial charge in [-0.15, -0.1) is 11.8 Å². The highest BCUT2D eigenvalue weighted by Gasteiger charge is 2.39. The molecular formula is C30H34ClF5N4O5S. The third-order valence-corrected chi connectivity index (χ3v) is 8.55. The zero-order valence-corrected chi connectivity index (χ0v) is 27.2. The van der Waals surface area contributed by atoms with Crippen molar-refractivity contribution in [2.24, 2.45) is 0 Å². The average Bonchev–Trinajstić information content (AvgIpc) is 3.20. The van der Waals surface area contributed by atoms with E-state index in [0.29, 0.717) is 24.8 Å². The summed E-state index contributed by atoms with van der Waals surface area (Å²) in [6, 6.07) is 2.16. The van der Waals surface area contributed by atoms with Gasteiger partial charge in [-0.05, 0) is 45.1 Å². The minimum absolute atomic E-state index is 0.0436. The van der Waals surface area contributed by atoms with Gasteiger partial charge in [0.15, 0.2) is 0 Å². The number of benzene rings is 2. The molecule has 0 spiro atoms. The van der Waals surface area contributed by atoms with Gasteiger partial charge in [0, 0.05) is 67.3 Å². The van der Waals surface area contributed by atoms with Crippen molar-refractivity contribution in [1.29, 1.82) is 0 Å². The van der Waals surface area contributed by atoms with E-state index in [4.69, 9.17) is 21.4 Å². The molecule has 1 fully saturated rings. The number of ether oxygens (including phenoxy) is 2. The zero-order chi connectivity index (χ0) is 34.0. The second-order valence-electron chi connectivity index (χ2n) is 11.5. The van der Waals surface area contributed by atoms with E-state index in [0.717, 1.165) is 23.9 Å². The standard InChI is InChI=1S/C27H26ClF5N4O3S.C3H8O2/c1-26(2,3)40-25(39)36-8-6-35(7-9-36)23-15-11-16(27(31,32)33)20(14-12-17(28)19(30)13-18(14)29)22-21(15)37(24(38)34-23)5-4-10-41-22;1-5-3-2-4/h11-13H,4-10H2,1-3H3;4H,2-3H2,1H3. The first kappa shape index (κ1) is 35.7. The van der Waals surface area contributed by atoms with E-state index in [1.54, 1.807) is 32.8 Å². The lowest BCUT2D eigenvalue weighted by Gasteiger charge is -2.36. The Morgan fingerprint density at radius 1 is 1.07 bits per heavy atom. The van der Waals surface area contributed by atoms with Gasteiger partial charge < -0.3 is 24.4 Å². The molecule has 1 amide bonds. The number of rotatable bonds is 4. The van der Waals surface area contributed by atoms with E-state index in [1.165, 1.54) is 9.47 Å². The van der Waals surface area contributed by atoms with E-state index >= 15 is 4.39 Å². The molecule has 0 bridgehead atoms.